The molecule has 0 saturated heterocycles. The largest absolute Gasteiger partial charge is 0.497 e. The normalized spacial score (nSPS) is 10.0. The minimum Gasteiger partial charge on any atom is -0.497 e. The molecule has 2 aromatic rings. The molecule has 0 fully saturated rings. The van der Waals surface area contributed by atoms with Crippen LogP contribution in [0.5, 0.6) is 23.0 Å². The van der Waals surface area contributed by atoms with Crippen molar-refractivity contribution in [1.29, 1.82) is 0 Å². The lowest BCUT2D eigenvalue weighted by Crippen LogP contribution is -2.12. The molecule has 0 saturated carbocycles. The van der Waals surface area contributed by atoms with E-state index in [0.29, 0.717) is 40.9 Å². The van der Waals surface area contributed by atoms with Gasteiger partial charge in [0, 0.05) is 23.4 Å². The molecule has 0 unspecified atom stereocenters. The van der Waals surface area contributed by atoms with Crippen LogP contribution < -0.4 is 24.3 Å². The fourth-order valence-corrected chi connectivity index (χ4v) is 2.16. The van der Waals surface area contributed by atoms with Gasteiger partial charge >= 0.3 is 0 Å². The summed E-state index contributed by atoms with van der Waals surface area (Å²) in [6.07, 6.45) is 0. The molecule has 0 aromatic heterocycles. The second-order valence-electron chi connectivity index (χ2n) is 4.85. The zero-order chi connectivity index (χ0) is 17.5. The average Bonchev–Trinajstić information content (AvgIpc) is 2.62. The van der Waals surface area contributed by atoms with Gasteiger partial charge in [0.15, 0.2) is 11.5 Å². The van der Waals surface area contributed by atoms with E-state index >= 15 is 0 Å². The lowest BCUT2D eigenvalue weighted by Gasteiger charge is -2.12. The first-order valence-corrected chi connectivity index (χ1v) is 7.46. The van der Waals surface area contributed by atoms with Crippen molar-refractivity contribution in [3.63, 3.8) is 0 Å². The lowest BCUT2D eigenvalue weighted by molar-refractivity contribution is 0.102. The highest BCUT2D eigenvalue weighted by atomic mass is 16.5. The predicted octanol–water partition coefficient (Wildman–Crippen LogP) is 3.36. The zero-order valence-electron chi connectivity index (χ0n) is 14.2. The zero-order valence-corrected chi connectivity index (χ0v) is 14.2. The van der Waals surface area contributed by atoms with E-state index in [1.54, 1.807) is 43.5 Å². The van der Waals surface area contributed by atoms with Gasteiger partial charge in [0.25, 0.3) is 5.91 Å². The third-order valence-electron chi connectivity index (χ3n) is 3.33. The second-order valence-corrected chi connectivity index (χ2v) is 4.85. The van der Waals surface area contributed by atoms with E-state index in [-0.39, 0.29) is 5.91 Å². The molecule has 6 nitrogen and oxygen atoms in total. The minimum absolute atomic E-state index is 0.279. The van der Waals surface area contributed by atoms with Gasteiger partial charge in [-0.2, -0.15) is 0 Å². The molecule has 128 valence electrons. The first-order valence-electron chi connectivity index (χ1n) is 7.46. The Balaban J connectivity index is 2.23. The van der Waals surface area contributed by atoms with Crippen molar-refractivity contribution in [2.24, 2.45) is 0 Å². The molecule has 0 atom stereocenters. The number of ether oxygens (including phenoxy) is 4. The summed E-state index contributed by atoms with van der Waals surface area (Å²) < 4.78 is 21.1. The number of rotatable bonds is 7. The van der Waals surface area contributed by atoms with Gasteiger partial charge in [0.05, 0.1) is 27.9 Å². The van der Waals surface area contributed by atoms with Gasteiger partial charge in [-0.1, -0.05) is 0 Å². The summed E-state index contributed by atoms with van der Waals surface area (Å²) in [7, 11) is 4.62. The SMILES string of the molecule is CCOc1ccc(NC(=O)c2cc(OC)cc(OC)c2)cc1OC. The van der Waals surface area contributed by atoms with Gasteiger partial charge in [-0.15, -0.1) is 0 Å². The summed E-state index contributed by atoms with van der Waals surface area (Å²) >= 11 is 0. The smallest absolute Gasteiger partial charge is 0.255 e. The first-order chi connectivity index (χ1) is 11.6. The Morgan fingerprint density at radius 3 is 2.12 bits per heavy atom. The van der Waals surface area contributed by atoms with Crippen LogP contribution in [0.4, 0.5) is 5.69 Å². The molecule has 0 aliphatic heterocycles. The first kappa shape index (κ1) is 17.5. The van der Waals surface area contributed by atoms with Crippen LogP contribution in [0.25, 0.3) is 0 Å². The number of carbonyl (C=O) groups is 1. The summed E-state index contributed by atoms with van der Waals surface area (Å²) in [4.78, 5) is 12.5. The fraction of sp³-hybridized carbons (Fsp3) is 0.278. The predicted molar refractivity (Wildman–Crippen MR) is 91.7 cm³/mol. The van der Waals surface area contributed by atoms with Gasteiger partial charge in [0.2, 0.25) is 0 Å². The summed E-state index contributed by atoms with van der Waals surface area (Å²) in [5, 5.41) is 2.82. The van der Waals surface area contributed by atoms with Crippen LogP contribution in [-0.4, -0.2) is 33.8 Å². The quantitative estimate of drug-likeness (QED) is 0.843. The number of hydrogen-bond acceptors (Lipinski definition) is 5. The van der Waals surface area contributed by atoms with Crippen molar-refractivity contribution in [2.75, 3.05) is 33.3 Å². The van der Waals surface area contributed by atoms with Crippen molar-refractivity contribution in [1.82, 2.24) is 0 Å². The second kappa shape index (κ2) is 8.10. The van der Waals surface area contributed by atoms with E-state index in [1.165, 1.54) is 14.2 Å². The van der Waals surface area contributed by atoms with Crippen LogP contribution in [0.1, 0.15) is 17.3 Å². The Morgan fingerprint density at radius 1 is 0.917 bits per heavy atom. The fourth-order valence-electron chi connectivity index (χ4n) is 2.16. The van der Waals surface area contributed by atoms with Gasteiger partial charge in [-0.05, 0) is 31.2 Å². The average molecular weight is 331 g/mol. The van der Waals surface area contributed by atoms with E-state index in [1.807, 2.05) is 6.92 Å². The molecule has 0 spiro atoms. The number of carbonyl (C=O) groups excluding carboxylic acids is 1. The van der Waals surface area contributed by atoms with Crippen LogP contribution in [0.15, 0.2) is 36.4 Å². The molecular formula is C18H21NO5. The van der Waals surface area contributed by atoms with E-state index in [2.05, 4.69) is 5.32 Å². The van der Waals surface area contributed by atoms with Crippen LogP contribution in [0.3, 0.4) is 0 Å². The van der Waals surface area contributed by atoms with Crippen molar-refractivity contribution >= 4 is 11.6 Å². The molecule has 0 aliphatic carbocycles. The molecule has 0 aliphatic rings. The van der Waals surface area contributed by atoms with Crippen molar-refractivity contribution < 1.29 is 23.7 Å². The Morgan fingerprint density at radius 2 is 1.58 bits per heavy atom. The highest BCUT2D eigenvalue weighted by molar-refractivity contribution is 6.05. The van der Waals surface area contributed by atoms with E-state index in [0.717, 1.165) is 0 Å². The van der Waals surface area contributed by atoms with Crippen LogP contribution in [0, 0.1) is 0 Å². The van der Waals surface area contributed by atoms with Gasteiger partial charge < -0.3 is 24.3 Å². The highest BCUT2D eigenvalue weighted by Gasteiger charge is 2.12. The summed E-state index contributed by atoms with van der Waals surface area (Å²) in [6, 6.07) is 10.2. The van der Waals surface area contributed by atoms with Gasteiger partial charge in [-0.25, -0.2) is 0 Å². The van der Waals surface area contributed by atoms with Crippen LogP contribution in [0.2, 0.25) is 0 Å². The van der Waals surface area contributed by atoms with Crippen molar-refractivity contribution in [2.45, 2.75) is 6.92 Å². The molecule has 2 aromatic carbocycles. The number of anilines is 1. The van der Waals surface area contributed by atoms with Gasteiger partial charge in [-0.3, -0.25) is 4.79 Å². The molecular weight excluding hydrogens is 310 g/mol. The van der Waals surface area contributed by atoms with Gasteiger partial charge in [0.1, 0.15) is 11.5 Å². The molecule has 2 rings (SSSR count). The standard InChI is InChI=1S/C18H21NO5/c1-5-24-16-7-6-13(10-17(16)23-4)19-18(20)12-8-14(21-2)11-15(9-12)22-3/h6-11H,5H2,1-4H3,(H,19,20). The van der Waals surface area contributed by atoms with E-state index in [9.17, 15) is 4.79 Å². The lowest BCUT2D eigenvalue weighted by atomic mass is 10.1. The Kier molecular flexibility index (Phi) is 5.89. The number of methoxy groups -OCH3 is 3. The minimum atomic E-state index is -0.279. The monoisotopic (exact) mass is 331 g/mol. The molecule has 0 bridgehead atoms. The van der Waals surface area contributed by atoms with Crippen LogP contribution >= 0.6 is 0 Å². The number of nitrogens with one attached hydrogen (secondary N) is 1. The molecule has 0 radical (unpaired) electrons. The van der Waals surface area contributed by atoms with Crippen LogP contribution in [-0.2, 0) is 0 Å². The van der Waals surface area contributed by atoms with Crippen molar-refractivity contribution in [3.8, 4) is 23.0 Å². The maximum absolute atomic E-state index is 12.5. The maximum atomic E-state index is 12.5. The summed E-state index contributed by atoms with van der Waals surface area (Å²) in [5.41, 5.74) is 1.03. The Hall–Kier alpha value is -2.89. The third kappa shape index (κ3) is 4.10. The highest BCUT2D eigenvalue weighted by Crippen LogP contribution is 2.30. The summed E-state index contributed by atoms with van der Waals surface area (Å²) in [5.74, 6) is 1.99. The Labute approximate surface area is 141 Å². The number of benzene rings is 2. The molecule has 1 amide bonds. The summed E-state index contributed by atoms with van der Waals surface area (Å²) in [6.45, 7) is 2.43. The topological polar surface area (TPSA) is 66.0 Å². The maximum Gasteiger partial charge on any atom is 0.255 e. The number of hydrogen-bond donors (Lipinski definition) is 1. The number of amides is 1. The van der Waals surface area contributed by atoms with E-state index < -0.39 is 0 Å². The van der Waals surface area contributed by atoms with Crippen molar-refractivity contribution in [3.05, 3.63) is 42.0 Å². The third-order valence-corrected chi connectivity index (χ3v) is 3.33. The molecule has 6 heteroatoms. The Bertz CT molecular complexity index is 692. The van der Waals surface area contributed by atoms with E-state index in [4.69, 9.17) is 18.9 Å². The molecule has 24 heavy (non-hydrogen) atoms. The molecule has 0 heterocycles. The molecule has 1 N–H and O–H groups in total.